The monoisotopic (exact) mass is 652 g/mol. The Hall–Kier alpha value is 0.0197. The van der Waals surface area contributed by atoms with E-state index in [1.165, 1.54) is 64.2 Å². The molecule has 0 unspecified atom stereocenters. The molecule has 0 spiro atoms. The van der Waals surface area contributed by atoms with E-state index in [0.29, 0.717) is 45.2 Å². The van der Waals surface area contributed by atoms with Crippen molar-refractivity contribution >= 4 is 69.8 Å². The Balaban J connectivity index is -0.000000688. The van der Waals surface area contributed by atoms with Gasteiger partial charge in [-0.25, -0.2) is 8.42 Å². The number of rotatable bonds is 26. The fourth-order valence-corrected chi connectivity index (χ4v) is 5.00. The minimum absolute atomic E-state index is 0. The first-order valence-corrected chi connectivity index (χ1v) is 18.5. The topological polar surface area (TPSA) is 176 Å². The minimum Gasteiger partial charge on any atom is -0.862 e. The van der Waals surface area contributed by atoms with Gasteiger partial charge in [-0.05, 0) is 50.8 Å². The second kappa shape index (κ2) is 31.4. The number of amides is 1. The second-order valence-electron chi connectivity index (χ2n) is 10.3. The van der Waals surface area contributed by atoms with Crippen LogP contribution in [-0.2, 0) is 25.0 Å². The third-order valence-corrected chi connectivity index (χ3v) is 7.84. The molecule has 0 aromatic heterocycles. The van der Waals surface area contributed by atoms with Crippen LogP contribution < -0.4 is 10.4 Å². The van der Waals surface area contributed by atoms with Crippen LogP contribution in [0, 0.1) is 0 Å². The van der Waals surface area contributed by atoms with Gasteiger partial charge in [0, 0.05) is 25.3 Å². The molecule has 0 aromatic carbocycles. The average Bonchev–Trinajstić information content (AvgIpc) is 2.86. The molecule has 1 amide bonds. The predicted octanol–water partition coefficient (Wildman–Crippen LogP) is 4.74. The van der Waals surface area contributed by atoms with Crippen LogP contribution in [0.3, 0.4) is 0 Å². The molecular formula is C28H56CaN2O8S2. The molecule has 0 fully saturated rings. The standard InChI is InChI=1S/2C14H29NO4S.Ca/c2*1-2-3-4-5-6-7-8-11-14(16)15-12-9-10-13-20(17,18)19;/h2*2-13H2,1H3,(H,15,16)(H,17,18,19);/q;;+2/p-2. The van der Waals surface area contributed by atoms with Crippen molar-refractivity contribution in [1.29, 1.82) is 0 Å². The predicted molar refractivity (Wildman–Crippen MR) is 166 cm³/mol. The van der Waals surface area contributed by atoms with E-state index in [-0.39, 0.29) is 67.5 Å². The maximum atomic E-state index is 11.5. The van der Waals surface area contributed by atoms with Crippen LogP contribution in [0.15, 0.2) is 4.99 Å². The number of hydrogen-bond acceptors (Lipinski definition) is 8. The van der Waals surface area contributed by atoms with E-state index >= 15 is 0 Å². The van der Waals surface area contributed by atoms with Gasteiger partial charge < -0.3 is 20.0 Å². The van der Waals surface area contributed by atoms with E-state index in [2.05, 4.69) is 24.2 Å². The fraction of sp³-hybridized carbons (Fsp3) is 0.929. The Labute approximate surface area is 280 Å². The summed E-state index contributed by atoms with van der Waals surface area (Å²) in [6.07, 6.45) is 19.2. The maximum Gasteiger partial charge on any atom is 2.00 e. The molecular weight excluding hydrogens is 597 g/mol. The summed E-state index contributed by atoms with van der Waals surface area (Å²) in [5.74, 6) is -0.677. The SMILES string of the molecule is CCCCCCCCCC(=O)NCCCCS(=O)(=O)O.CCCCCCCCCC([O-])=NCCCCS(=O)(=O)[O-].[Ca+2]. The summed E-state index contributed by atoms with van der Waals surface area (Å²) in [7, 11) is -7.99. The van der Waals surface area contributed by atoms with Gasteiger partial charge in [-0.1, -0.05) is 90.9 Å². The second-order valence-corrected chi connectivity index (χ2v) is 13.4. The Morgan fingerprint density at radius 2 is 1.15 bits per heavy atom. The van der Waals surface area contributed by atoms with Crippen molar-refractivity contribution in [2.45, 2.75) is 142 Å². The molecule has 41 heavy (non-hydrogen) atoms. The van der Waals surface area contributed by atoms with Crippen LogP contribution in [0.4, 0.5) is 0 Å². The largest absolute Gasteiger partial charge is 2.00 e. The number of unbranched alkanes of at least 4 members (excludes halogenated alkanes) is 14. The molecule has 0 rings (SSSR count). The zero-order valence-corrected chi connectivity index (χ0v) is 29.6. The van der Waals surface area contributed by atoms with E-state index in [0.717, 1.165) is 25.7 Å². The van der Waals surface area contributed by atoms with Crippen LogP contribution in [-0.4, -0.2) is 100 Å². The number of carbonyl (C=O) groups is 1. The number of nitrogens with one attached hydrogen (secondary N) is 1. The zero-order valence-electron chi connectivity index (χ0n) is 25.7. The van der Waals surface area contributed by atoms with E-state index in [4.69, 9.17) is 4.55 Å². The van der Waals surface area contributed by atoms with Gasteiger partial charge in [0.1, 0.15) is 0 Å². The Morgan fingerprint density at radius 1 is 0.683 bits per heavy atom. The molecule has 0 saturated carbocycles. The van der Waals surface area contributed by atoms with Gasteiger partial charge in [0.05, 0.1) is 15.9 Å². The number of hydrogen-bond donors (Lipinski definition) is 2. The average molecular weight is 653 g/mol. The summed E-state index contributed by atoms with van der Waals surface area (Å²) >= 11 is 0. The van der Waals surface area contributed by atoms with Crippen molar-refractivity contribution in [2.75, 3.05) is 24.6 Å². The van der Waals surface area contributed by atoms with Crippen LogP contribution in [0.2, 0.25) is 0 Å². The first-order valence-electron chi connectivity index (χ1n) is 15.3. The third kappa shape index (κ3) is 44.6. The van der Waals surface area contributed by atoms with E-state index < -0.39 is 20.2 Å². The Bertz CT molecular complexity index is 838. The summed E-state index contributed by atoms with van der Waals surface area (Å²) < 4.78 is 60.5. The summed E-state index contributed by atoms with van der Waals surface area (Å²) in [4.78, 5) is 15.3. The molecule has 240 valence electrons. The molecule has 0 heterocycles. The first kappa shape index (κ1) is 45.4. The fourth-order valence-electron chi connectivity index (χ4n) is 3.88. The molecule has 0 aromatic rings. The van der Waals surface area contributed by atoms with E-state index in [9.17, 15) is 31.3 Å². The summed E-state index contributed by atoms with van der Waals surface area (Å²) in [5.41, 5.74) is 0. The molecule has 0 radical (unpaired) electrons. The number of aliphatic imine (C=N–C) groups is 1. The molecule has 2 N–H and O–H groups in total. The van der Waals surface area contributed by atoms with Crippen LogP contribution in [0.1, 0.15) is 142 Å². The molecule has 0 aliphatic rings. The maximum absolute atomic E-state index is 11.5. The van der Waals surface area contributed by atoms with Crippen LogP contribution in [0.25, 0.3) is 0 Å². The summed E-state index contributed by atoms with van der Waals surface area (Å²) in [5, 5.41) is 14.2. The zero-order chi connectivity index (χ0) is 30.5. The molecule has 0 bridgehead atoms. The van der Waals surface area contributed by atoms with Gasteiger partial charge >= 0.3 is 37.7 Å². The minimum atomic E-state index is -4.13. The van der Waals surface area contributed by atoms with Crippen molar-refractivity contribution in [3.63, 3.8) is 0 Å². The Morgan fingerprint density at radius 3 is 1.63 bits per heavy atom. The molecule has 0 aliphatic carbocycles. The molecule has 0 aliphatic heterocycles. The molecule has 10 nitrogen and oxygen atoms in total. The molecule has 0 saturated heterocycles. The van der Waals surface area contributed by atoms with Gasteiger partial charge in [-0.2, -0.15) is 8.42 Å². The first-order chi connectivity index (χ1) is 18.9. The van der Waals surface area contributed by atoms with Gasteiger partial charge in [0.25, 0.3) is 10.1 Å². The normalized spacial score (nSPS) is 11.9. The summed E-state index contributed by atoms with van der Waals surface area (Å²) in [6, 6.07) is 0. The number of carbonyl (C=O) groups excluding carboxylic acids is 1. The van der Waals surface area contributed by atoms with Gasteiger partial charge in [0.15, 0.2) is 0 Å². The van der Waals surface area contributed by atoms with Crippen molar-refractivity contribution in [2.24, 2.45) is 4.99 Å². The van der Waals surface area contributed by atoms with Gasteiger partial charge in [-0.3, -0.25) is 9.35 Å². The van der Waals surface area contributed by atoms with Crippen molar-refractivity contribution < 1.29 is 35.8 Å². The van der Waals surface area contributed by atoms with E-state index in [1.807, 2.05) is 0 Å². The van der Waals surface area contributed by atoms with Crippen molar-refractivity contribution in [3.8, 4) is 0 Å². The quantitative estimate of drug-likeness (QED) is 0.0443. The van der Waals surface area contributed by atoms with Gasteiger partial charge in [-0.15, -0.1) is 0 Å². The third-order valence-electron chi connectivity index (χ3n) is 6.24. The summed E-state index contributed by atoms with van der Waals surface area (Å²) in [6.45, 7) is 5.18. The smallest absolute Gasteiger partial charge is 0.862 e. The van der Waals surface area contributed by atoms with Crippen LogP contribution in [0.5, 0.6) is 0 Å². The molecule has 0 atom stereocenters. The van der Waals surface area contributed by atoms with E-state index in [1.54, 1.807) is 0 Å². The van der Waals surface area contributed by atoms with Gasteiger partial charge in [0.2, 0.25) is 5.91 Å². The molecule has 13 heteroatoms. The van der Waals surface area contributed by atoms with Crippen molar-refractivity contribution in [1.82, 2.24) is 5.32 Å². The number of nitrogens with zero attached hydrogens (tertiary/aromatic N) is 1. The van der Waals surface area contributed by atoms with Crippen molar-refractivity contribution in [3.05, 3.63) is 0 Å². The Kier molecular flexibility index (Phi) is 34.9. The van der Waals surface area contributed by atoms with Crippen LogP contribution >= 0.6 is 0 Å².